The van der Waals surface area contributed by atoms with Gasteiger partial charge < -0.3 is 15.0 Å². The second-order valence-corrected chi connectivity index (χ2v) is 6.34. The van der Waals surface area contributed by atoms with Gasteiger partial charge in [0.15, 0.2) is 0 Å². The predicted octanol–water partition coefficient (Wildman–Crippen LogP) is 3.22. The average molecular weight is 318 g/mol. The molecule has 1 fully saturated rings. The summed E-state index contributed by atoms with van der Waals surface area (Å²) < 4.78 is 5.89. The maximum absolute atomic E-state index is 12.4. The first-order valence-corrected chi connectivity index (χ1v) is 8.75. The van der Waals surface area contributed by atoms with Gasteiger partial charge in [0.2, 0.25) is 5.91 Å². The molecular weight excluding hydrogens is 288 g/mol. The maximum atomic E-state index is 12.4. The molecule has 1 aromatic carbocycles. The summed E-state index contributed by atoms with van der Waals surface area (Å²) in [6.07, 6.45) is 3.47. The molecule has 0 radical (unpaired) electrons. The Bertz CT molecular complexity index is 499. The summed E-state index contributed by atoms with van der Waals surface area (Å²) in [5.41, 5.74) is 1.10. The smallest absolute Gasteiger partial charge is 0.240 e. The highest BCUT2D eigenvalue weighted by molar-refractivity contribution is 5.94. The van der Waals surface area contributed by atoms with Crippen LogP contribution in [-0.2, 0) is 9.53 Å². The van der Waals surface area contributed by atoms with Gasteiger partial charge in [0.05, 0.1) is 12.6 Å². The van der Waals surface area contributed by atoms with Crippen LogP contribution in [-0.4, -0.2) is 38.3 Å². The van der Waals surface area contributed by atoms with Crippen LogP contribution in [0.15, 0.2) is 30.3 Å². The molecular formula is C19H30N2O2. The fourth-order valence-corrected chi connectivity index (χ4v) is 3.79. The molecule has 1 aliphatic carbocycles. The number of nitrogens with one attached hydrogen (secondary N) is 1. The lowest BCUT2D eigenvalue weighted by Gasteiger charge is -2.55. The summed E-state index contributed by atoms with van der Waals surface area (Å²) in [6.45, 7) is 7.63. The van der Waals surface area contributed by atoms with Gasteiger partial charge in [-0.1, -0.05) is 32.0 Å². The zero-order valence-corrected chi connectivity index (χ0v) is 14.8. The Hall–Kier alpha value is -1.39. The van der Waals surface area contributed by atoms with Gasteiger partial charge in [-0.25, -0.2) is 0 Å². The zero-order valence-electron chi connectivity index (χ0n) is 14.8. The van der Waals surface area contributed by atoms with Gasteiger partial charge in [-0.15, -0.1) is 0 Å². The molecule has 2 atom stereocenters. The number of amides is 1. The summed E-state index contributed by atoms with van der Waals surface area (Å²) in [5.74, 6) is 0.0946. The van der Waals surface area contributed by atoms with Crippen molar-refractivity contribution in [1.82, 2.24) is 5.32 Å². The number of benzene rings is 1. The van der Waals surface area contributed by atoms with Crippen LogP contribution in [0, 0.1) is 5.41 Å². The Morgan fingerprint density at radius 1 is 1.26 bits per heavy atom. The van der Waals surface area contributed by atoms with E-state index < -0.39 is 0 Å². The molecule has 1 N–H and O–H groups in total. The summed E-state index contributed by atoms with van der Waals surface area (Å²) in [7, 11) is 1.83. The van der Waals surface area contributed by atoms with Crippen LogP contribution in [0.25, 0.3) is 0 Å². The number of carbonyl (C=O) groups excluding carboxylic acids is 1. The number of ether oxygens (including phenoxy) is 1. The van der Waals surface area contributed by atoms with Gasteiger partial charge in [-0.2, -0.15) is 0 Å². The number of likely N-dealkylation sites (N-methyl/N-ethyl adjacent to an activating group) is 1. The predicted molar refractivity (Wildman–Crippen MR) is 94.7 cm³/mol. The van der Waals surface area contributed by atoms with E-state index in [1.165, 1.54) is 0 Å². The van der Waals surface area contributed by atoms with Crippen LogP contribution < -0.4 is 10.2 Å². The Balaban J connectivity index is 1.91. The molecule has 2 rings (SSSR count). The molecule has 4 heteroatoms. The van der Waals surface area contributed by atoms with Crippen LogP contribution in [0.2, 0.25) is 0 Å². The van der Waals surface area contributed by atoms with Crippen molar-refractivity contribution in [3.8, 4) is 0 Å². The van der Waals surface area contributed by atoms with E-state index in [-0.39, 0.29) is 11.3 Å². The second-order valence-electron chi connectivity index (χ2n) is 6.34. The average Bonchev–Trinajstić information content (AvgIpc) is 2.58. The molecule has 1 aliphatic rings. The number of carbonyl (C=O) groups is 1. The first-order chi connectivity index (χ1) is 11.1. The molecule has 0 bridgehead atoms. The molecule has 128 valence electrons. The first-order valence-electron chi connectivity index (χ1n) is 8.75. The van der Waals surface area contributed by atoms with Gasteiger partial charge >= 0.3 is 0 Å². The normalized spacial score (nSPS) is 22.4. The number of para-hydroxylation sites is 1. The Morgan fingerprint density at radius 2 is 1.91 bits per heavy atom. The topological polar surface area (TPSA) is 41.6 Å². The lowest BCUT2D eigenvalue weighted by Crippen LogP contribution is -2.64. The highest BCUT2D eigenvalue weighted by Crippen LogP contribution is 2.48. The molecule has 0 aromatic heterocycles. The molecule has 1 saturated carbocycles. The van der Waals surface area contributed by atoms with Crippen molar-refractivity contribution in [3.63, 3.8) is 0 Å². The number of anilines is 1. The van der Waals surface area contributed by atoms with E-state index in [1.54, 1.807) is 4.90 Å². The monoisotopic (exact) mass is 318 g/mol. The van der Waals surface area contributed by atoms with Crippen LogP contribution >= 0.6 is 0 Å². The van der Waals surface area contributed by atoms with Gasteiger partial charge in [-0.3, -0.25) is 4.79 Å². The SMILES string of the molecule is CCO[C@@H]1C[C@H](NCC(=O)N(C)c2ccccc2)C1(CC)CC. The van der Waals surface area contributed by atoms with Gasteiger partial charge in [0, 0.05) is 30.8 Å². The lowest BCUT2D eigenvalue weighted by atomic mass is 9.58. The molecule has 0 saturated heterocycles. The molecule has 0 spiro atoms. The number of hydrogen-bond donors (Lipinski definition) is 1. The number of nitrogens with zero attached hydrogens (tertiary/aromatic N) is 1. The lowest BCUT2D eigenvalue weighted by molar-refractivity contribution is -0.140. The zero-order chi connectivity index (χ0) is 16.9. The molecule has 23 heavy (non-hydrogen) atoms. The van der Waals surface area contributed by atoms with Crippen LogP contribution in [0.4, 0.5) is 5.69 Å². The van der Waals surface area contributed by atoms with Crippen molar-refractivity contribution >= 4 is 11.6 Å². The Morgan fingerprint density at radius 3 is 2.48 bits per heavy atom. The van der Waals surface area contributed by atoms with E-state index in [0.29, 0.717) is 18.7 Å². The van der Waals surface area contributed by atoms with E-state index in [4.69, 9.17) is 4.74 Å². The third-order valence-corrected chi connectivity index (χ3v) is 5.49. The van der Waals surface area contributed by atoms with Crippen LogP contribution in [0.3, 0.4) is 0 Å². The quantitative estimate of drug-likeness (QED) is 0.800. The van der Waals surface area contributed by atoms with Gasteiger partial charge in [0.1, 0.15) is 0 Å². The minimum atomic E-state index is 0.0946. The van der Waals surface area contributed by atoms with E-state index in [9.17, 15) is 4.79 Å². The van der Waals surface area contributed by atoms with Crippen molar-refractivity contribution < 1.29 is 9.53 Å². The van der Waals surface area contributed by atoms with Gasteiger partial charge in [0.25, 0.3) is 0 Å². The van der Waals surface area contributed by atoms with Gasteiger partial charge in [-0.05, 0) is 38.3 Å². The fraction of sp³-hybridized carbons (Fsp3) is 0.632. The number of rotatable bonds is 8. The largest absolute Gasteiger partial charge is 0.378 e. The molecule has 4 nitrogen and oxygen atoms in total. The van der Waals surface area contributed by atoms with Crippen molar-refractivity contribution in [3.05, 3.63) is 30.3 Å². The number of hydrogen-bond acceptors (Lipinski definition) is 3. The van der Waals surface area contributed by atoms with Crippen LogP contribution in [0.5, 0.6) is 0 Å². The first kappa shape index (κ1) is 18.0. The van der Waals surface area contributed by atoms with E-state index in [0.717, 1.165) is 31.6 Å². The van der Waals surface area contributed by atoms with E-state index in [1.807, 2.05) is 37.4 Å². The van der Waals surface area contributed by atoms with Crippen molar-refractivity contribution in [2.24, 2.45) is 5.41 Å². The molecule has 0 unspecified atom stereocenters. The second kappa shape index (κ2) is 7.93. The van der Waals surface area contributed by atoms with Crippen molar-refractivity contribution in [2.75, 3.05) is 25.1 Å². The standard InChI is InChI=1S/C19H30N2O2/c1-5-19(6-2)16(13-17(19)23-7-3)20-14-18(22)21(4)15-11-9-8-10-12-15/h8-12,16-17,20H,5-7,13-14H2,1-4H3/t16-,17+/m0/s1. The summed E-state index contributed by atoms with van der Waals surface area (Å²) in [5, 5.41) is 3.48. The highest BCUT2D eigenvalue weighted by Gasteiger charge is 2.53. The van der Waals surface area contributed by atoms with E-state index in [2.05, 4.69) is 26.1 Å². The Labute approximate surface area is 140 Å². The minimum Gasteiger partial charge on any atom is -0.378 e. The minimum absolute atomic E-state index is 0.0946. The molecule has 0 heterocycles. The molecule has 1 aromatic rings. The summed E-state index contributed by atoms with van der Waals surface area (Å²) in [6, 6.07) is 10.1. The van der Waals surface area contributed by atoms with Crippen molar-refractivity contribution in [2.45, 2.75) is 52.2 Å². The molecule has 1 amide bonds. The third-order valence-electron chi connectivity index (χ3n) is 5.49. The van der Waals surface area contributed by atoms with Crippen molar-refractivity contribution in [1.29, 1.82) is 0 Å². The highest BCUT2D eigenvalue weighted by atomic mass is 16.5. The van der Waals surface area contributed by atoms with E-state index >= 15 is 0 Å². The maximum Gasteiger partial charge on any atom is 0.240 e. The fourth-order valence-electron chi connectivity index (χ4n) is 3.79. The Kier molecular flexibility index (Phi) is 6.19. The third kappa shape index (κ3) is 3.59. The summed E-state index contributed by atoms with van der Waals surface area (Å²) in [4.78, 5) is 14.1. The molecule has 0 aliphatic heterocycles. The van der Waals surface area contributed by atoms with Crippen LogP contribution in [0.1, 0.15) is 40.0 Å². The summed E-state index contributed by atoms with van der Waals surface area (Å²) >= 11 is 0.